The van der Waals surface area contributed by atoms with E-state index in [1.165, 1.54) is 31.4 Å². The SMILES string of the molecule is NCC1CCCCC1CNC(=O)Cc1cccc(F)c1. The minimum atomic E-state index is -0.300. The Morgan fingerprint density at radius 3 is 2.75 bits per heavy atom. The summed E-state index contributed by atoms with van der Waals surface area (Å²) in [5.41, 5.74) is 6.50. The smallest absolute Gasteiger partial charge is 0.224 e. The van der Waals surface area contributed by atoms with Gasteiger partial charge in [-0.25, -0.2) is 4.39 Å². The molecule has 110 valence electrons. The van der Waals surface area contributed by atoms with Gasteiger partial charge in [-0.05, 0) is 48.9 Å². The third-order valence-corrected chi connectivity index (χ3v) is 4.18. The number of rotatable bonds is 5. The highest BCUT2D eigenvalue weighted by molar-refractivity contribution is 5.78. The number of amides is 1. The Bertz CT molecular complexity index is 450. The topological polar surface area (TPSA) is 55.1 Å². The summed E-state index contributed by atoms with van der Waals surface area (Å²) in [6.45, 7) is 1.39. The standard InChI is InChI=1S/C16H23FN2O/c17-15-7-3-4-12(8-15)9-16(20)19-11-14-6-2-1-5-13(14)10-18/h3-4,7-8,13-14H,1-2,5-6,9-11,18H2,(H,19,20). The number of halogens is 1. The van der Waals surface area contributed by atoms with Crippen LogP contribution < -0.4 is 11.1 Å². The normalized spacial score (nSPS) is 22.5. The van der Waals surface area contributed by atoms with Gasteiger partial charge in [0.25, 0.3) is 0 Å². The molecule has 0 saturated heterocycles. The van der Waals surface area contributed by atoms with Crippen LogP contribution in [0.4, 0.5) is 4.39 Å². The second-order valence-corrected chi connectivity index (χ2v) is 5.65. The van der Waals surface area contributed by atoms with E-state index in [2.05, 4.69) is 5.32 Å². The fraction of sp³-hybridized carbons (Fsp3) is 0.562. The molecule has 2 unspecified atom stereocenters. The Labute approximate surface area is 119 Å². The quantitative estimate of drug-likeness (QED) is 0.868. The van der Waals surface area contributed by atoms with Crippen molar-refractivity contribution in [2.24, 2.45) is 17.6 Å². The molecule has 0 aliphatic heterocycles. The van der Waals surface area contributed by atoms with Crippen LogP contribution >= 0.6 is 0 Å². The van der Waals surface area contributed by atoms with E-state index in [0.29, 0.717) is 30.5 Å². The van der Waals surface area contributed by atoms with Crippen LogP contribution in [0.1, 0.15) is 31.2 Å². The highest BCUT2D eigenvalue weighted by Gasteiger charge is 2.24. The zero-order chi connectivity index (χ0) is 14.4. The molecule has 0 heterocycles. The minimum Gasteiger partial charge on any atom is -0.356 e. The van der Waals surface area contributed by atoms with E-state index in [1.54, 1.807) is 12.1 Å². The summed E-state index contributed by atoms with van der Waals surface area (Å²) in [5, 5.41) is 2.97. The number of nitrogens with one attached hydrogen (secondary N) is 1. The number of hydrogen-bond donors (Lipinski definition) is 2. The van der Waals surface area contributed by atoms with Crippen molar-refractivity contribution in [3.63, 3.8) is 0 Å². The van der Waals surface area contributed by atoms with Crippen LogP contribution in [0.25, 0.3) is 0 Å². The Kier molecular flexibility index (Phi) is 5.53. The van der Waals surface area contributed by atoms with Gasteiger partial charge >= 0.3 is 0 Å². The highest BCUT2D eigenvalue weighted by Crippen LogP contribution is 2.28. The van der Waals surface area contributed by atoms with Crippen molar-refractivity contribution in [1.82, 2.24) is 5.32 Å². The van der Waals surface area contributed by atoms with Gasteiger partial charge in [0, 0.05) is 6.54 Å². The molecule has 0 radical (unpaired) electrons. The summed E-state index contributed by atoms with van der Waals surface area (Å²) in [5.74, 6) is 0.672. The molecule has 1 aliphatic rings. The molecule has 2 atom stereocenters. The molecule has 0 spiro atoms. The number of hydrogen-bond acceptors (Lipinski definition) is 2. The van der Waals surface area contributed by atoms with Crippen molar-refractivity contribution >= 4 is 5.91 Å². The maximum atomic E-state index is 13.0. The molecular formula is C16H23FN2O. The zero-order valence-corrected chi connectivity index (χ0v) is 11.8. The Hall–Kier alpha value is -1.42. The van der Waals surface area contributed by atoms with Gasteiger partial charge in [0.05, 0.1) is 6.42 Å². The predicted octanol–water partition coefficient (Wildman–Crippen LogP) is 2.25. The molecule has 1 amide bonds. The number of benzene rings is 1. The van der Waals surface area contributed by atoms with Gasteiger partial charge in [0.15, 0.2) is 0 Å². The number of nitrogens with two attached hydrogens (primary N) is 1. The van der Waals surface area contributed by atoms with Gasteiger partial charge < -0.3 is 11.1 Å². The Morgan fingerprint density at radius 1 is 1.30 bits per heavy atom. The molecule has 3 nitrogen and oxygen atoms in total. The molecule has 1 saturated carbocycles. The minimum absolute atomic E-state index is 0.0445. The van der Waals surface area contributed by atoms with Crippen molar-refractivity contribution in [2.75, 3.05) is 13.1 Å². The first-order valence-corrected chi connectivity index (χ1v) is 7.40. The average molecular weight is 278 g/mol. The lowest BCUT2D eigenvalue weighted by atomic mass is 9.79. The van der Waals surface area contributed by atoms with Gasteiger partial charge in [-0.15, -0.1) is 0 Å². The number of carbonyl (C=O) groups is 1. The summed E-state index contributed by atoms with van der Waals surface area (Å²) in [6.07, 6.45) is 5.01. The molecule has 0 bridgehead atoms. The highest BCUT2D eigenvalue weighted by atomic mass is 19.1. The van der Waals surface area contributed by atoms with Crippen LogP contribution in [0, 0.1) is 17.7 Å². The van der Waals surface area contributed by atoms with Crippen LogP contribution in [0.3, 0.4) is 0 Å². The van der Waals surface area contributed by atoms with Gasteiger partial charge in [-0.2, -0.15) is 0 Å². The second kappa shape index (κ2) is 7.39. The van der Waals surface area contributed by atoms with Crippen LogP contribution in [0.15, 0.2) is 24.3 Å². The van der Waals surface area contributed by atoms with Gasteiger partial charge in [0.1, 0.15) is 5.82 Å². The van der Waals surface area contributed by atoms with Crippen molar-refractivity contribution in [1.29, 1.82) is 0 Å². The molecule has 3 N–H and O–H groups in total. The lowest BCUT2D eigenvalue weighted by Gasteiger charge is -2.30. The molecule has 1 aromatic carbocycles. The molecule has 1 aromatic rings. The first-order valence-electron chi connectivity index (χ1n) is 7.40. The fourth-order valence-electron chi connectivity index (χ4n) is 3.00. The van der Waals surface area contributed by atoms with Gasteiger partial charge in [0.2, 0.25) is 5.91 Å². The molecule has 1 aliphatic carbocycles. The first kappa shape index (κ1) is 15.0. The number of carbonyl (C=O) groups excluding carboxylic acids is 1. The summed E-state index contributed by atoms with van der Waals surface area (Å²) in [6, 6.07) is 6.19. The Morgan fingerprint density at radius 2 is 2.05 bits per heavy atom. The van der Waals surface area contributed by atoms with Gasteiger partial charge in [-0.1, -0.05) is 25.0 Å². The first-order chi connectivity index (χ1) is 9.69. The van der Waals surface area contributed by atoms with E-state index >= 15 is 0 Å². The summed E-state index contributed by atoms with van der Waals surface area (Å²) in [4.78, 5) is 11.9. The molecule has 0 aromatic heterocycles. The lowest BCUT2D eigenvalue weighted by molar-refractivity contribution is -0.120. The average Bonchev–Trinajstić information content (AvgIpc) is 2.45. The largest absolute Gasteiger partial charge is 0.356 e. The second-order valence-electron chi connectivity index (χ2n) is 5.65. The van der Waals surface area contributed by atoms with E-state index in [9.17, 15) is 9.18 Å². The fourth-order valence-corrected chi connectivity index (χ4v) is 3.00. The molecular weight excluding hydrogens is 255 g/mol. The van der Waals surface area contributed by atoms with Crippen LogP contribution in [-0.2, 0) is 11.2 Å². The molecule has 20 heavy (non-hydrogen) atoms. The lowest BCUT2D eigenvalue weighted by Crippen LogP contribution is -2.37. The van der Waals surface area contributed by atoms with Crippen molar-refractivity contribution in [2.45, 2.75) is 32.1 Å². The maximum absolute atomic E-state index is 13.0. The maximum Gasteiger partial charge on any atom is 0.224 e. The Balaban J connectivity index is 1.79. The summed E-state index contributed by atoms with van der Waals surface area (Å²) >= 11 is 0. The van der Waals surface area contributed by atoms with E-state index in [0.717, 1.165) is 6.42 Å². The monoisotopic (exact) mass is 278 g/mol. The van der Waals surface area contributed by atoms with Crippen LogP contribution in [0.2, 0.25) is 0 Å². The third kappa shape index (κ3) is 4.30. The van der Waals surface area contributed by atoms with E-state index in [-0.39, 0.29) is 18.1 Å². The van der Waals surface area contributed by atoms with Gasteiger partial charge in [-0.3, -0.25) is 4.79 Å². The van der Waals surface area contributed by atoms with E-state index < -0.39 is 0 Å². The summed E-state index contributed by atoms with van der Waals surface area (Å²) < 4.78 is 13.0. The van der Waals surface area contributed by atoms with Crippen molar-refractivity contribution < 1.29 is 9.18 Å². The van der Waals surface area contributed by atoms with Crippen LogP contribution in [-0.4, -0.2) is 19.0 Å². The van der Waals surface area contributed by atoms with Crippen molar-refractivity contribution in [3.05, 3.63) is 35.6 Å². The van der Waals surface area contributed by atoms with Crippen LogP contribution in [0.5, 0.6) is 0 Å². The molecule has 2 rings (SSSR count). The van der Waals surface area contributed by atoms with Crippen molar-refractivity contribution in [3.8, 4) is 0 Å². The van der Waals surface area contributed by atoms with E-state index in [1.807, 2.05) is 0 Å². The summed E-state index contributed by atoms with van der Waals surface area (Å²) in [7, 11) is 0. The van der Waals surface area contributed by atoms with E-state index in [4.69, 9.17) is 5.73 Å². The molecule has 1 fully saturated rings. The third-order valence-electron chi connectivity index (χ3n) is 4.18. The molecule has 4 heteroatoms. The predicted molar refractivity (Wildman–Crippen MR) is 77.6 cm³/mol. The zero-order valence-electron chi connectivity index (χ0n) is 11.8.